The maximum absolute atomic E-state index is 12.4. The monoisotopic (exact) mass is 270 g/mol. The van der Waals surface area contributed by atoms with Gasteiger partial charge in [0.1, 0.15) is 11.5 Å². The first-order chi connectivity index (χ1) is 9.54. The Labute approximate surface area is 116 Å². The maximum Gasteiger partial charge on any atom is 0.197 e. The van der Waals surface area contributed by atoms with Crippen molar-refractivity contribution in [1.29, 1.82) is 0 Å². The molecule has 0 fully saturated rings. The number of ketones is 2. The van der Waals surface area contributed by atoms with Gasteiger partial charge in [0.2, 0.25) is 0 Å². The summed E-state index contributed by atoms with van der Waals surface area (Å²) >= 11 is 0. The number of ether oxygens (including phenoxy) is 1. The molecule has 0 bridgehead atoms. The average molecular weight is 270 g/mol. The second-order valence-corrected chi connectivity index (χ2v) is 4.31. The summed E-state index contributed by atoms with van der Waals surface area (Å²) in [4.78, 5) is 24.0. The van der Waals surface area contributed by atoms with Gasteiger partial charge in [-0.25, -0.2) is 0 Å². The lowest BCUT2D eigenvalue weighted by Crippen LogP contribution is -2.08. The van der Waals surface area contributed by atoms with Crippen LogP contribution in [0.1, 0.15) is 33.2 Å². The SMILES string of the molecule is COc1ccc(C(=O)c2ccccc2C(C)=O)c(O)c1. The zero-order valence-electron chi connectivity index (χ0n) is 11.2. The number of carbonyl (C=O) groups is 2. The molecule has 4 heteroatoms. The maximum atomic E-state index is 12.4. The number of phenolic OH excluding ortho intramolecular Hbond substituents is 1. The normalized spacial score (nSPS) is 10.1. The Balaban J connectivity index is 2.49. The molecule has 1 N–H and O–H groups in total. The lowest BCUT2D eigenvalue weighted by molar-refractivity contribution is 0.0989. The smallest absolute Gasteiger partial charge is 0.197 e. The molecule has 0 aliphatic rings. The quantitative estimate of drug-likeness (QED) is 0.868. The zero-order valence-corrected chi connectivity index (χ0v) is 11.2. The summed E-state index contributed by atoms with van der Waals surface area (Å²) in [5, 5.41) is 9.90. The second-order valence-electron chi connectivity index (χ2n) is 4.31. The number of benzene rings is 2. The number of phenols is 1. The summed E-state index contributed by atoms with van der Waals surface area (Å²) in [5.41, 5.74) is 0.757. The number of methoxy groups -OCH3 is 1. The highest BCUT2D eigenvalue weighted by Crippen LogP contribution is 2.26. The van der Waals surface area contributed by atoms with Crippen molar-refractivity contribution < 1.29 is 19.4 Å². The molecule has 0 radical (unpaired) electrons. The number of Topliss-reactive ketones (excluding diaryl/α,β-unsaturated/α-hetero) is 1. The molecule has 0 unspecified atom stereocenters. The highest BCUT2D eigenvalue weighted by Gasteiger charge is 2.18. The van der Waals surface area contributed by atoms with Crippen molar-refractivity contribution in [2.45, 2.75) is 6.92 Å². The van der Waals surface area contributed by atoms with Crippen molar-refractivity contribution in [1.82, 2.24) is 0 Å². The van der Waals surface area contributed by atoms with Crippen LogP contribution in [0.5, 0.6) is 11.5 Å². The average Bonchev–Trinajstić information content (AvgIpc) is 2.46. The molecule has 0 spiro atoms. The molecule has 2 aromatic carbocycles. The third-order valence-corrected chi connectivity index (χ3v) is 3.00. The Morgan fingerprint density at radius 2 is 1.65 bits per heavy atom. The predicted molar refractivity (Wildman–Crippen MR) is 74.5 cm³/mol. The van der Waals surface area contributed by atoms with Gasteiger partial charge in [0, 0.05) is 17.2 Å². The summed E-state index contributed by atoms with van der Waals surface area (Å²) in [7, 11) is 1.47. The third kappa shape index (κ3) is 2.54. The van der Waals surface area contributed by atoms with E-state index in [0.717, 1.165) is 0 Å². The van der Waals surface area contributed by atoms with E-state index in [1.165, 1.54) is 26.2 Å². The van der Waals surface area contributed by atoms with Crippen LogP contribution in [0.15, 0.2) is 42.5 Å². The van der Waals surface area contributed by atoms with Crippen molar-refractivity contribution in [3.63, 3.8) is 0 Å². The molecule has 0 saturated heterocycles. The van der Waals surface area contributed by atoms with Crippen LogP contribution in [0.2, 0.25) is 0 Å². The molecule has 0 aromatic heterocycles. The molecule has 0 amide bonds. The fourth-order valence-corrected chi connectivity index (χ4v) is 1.96. The van der Waals surface area contributed by atoms with E-state index in [1.807, 2.05) is 0 Å². The fraction of sp³-hybridized carbons (Fsp3) is 0.125. The van der Waals surface area contributed by atoms with Crippen molar-refractivity contribution in [3.8, 4) is 11.5 Å². The van der Waals surface area contributed by atoms with Gasteiger partial charge in [-0.3, -0.25) is 9.59 Å². The van der Waals surface area contributed by atoms with Gasteiger partial charge in [0.25, 0.3) is 0 Å². The molecule has 2 aromatic rings. The van der Waals surface area contributed by atoms with Crippen molar-refractivity contribution in [3.05, 3.63) is 59.2 Å². The summed E-state index contributed by atoms with van der Waals surface area (Å²) in [6, 6.07) is 11.0. The van der Waals surface area contributed by atoms with E-state index in [9.17, 15) is 14.7 Å². The van der Waals surface area contributed by atoms with Crippen LogP contribution >= 0.6 is 0 Å². The number of rotatable bonds is 4. The lowest BCUT2D eigenvalue weighted by atomic mass is 9.96. The van der Waals surface area contributed by atoms with Gasteiger partial charge in [-0.2, -0.15) is 0 Å². The summed E-state index contributed by atoms with van der Waals surface area (Å²) in [6.45, 7) is 1.40. The molecule has 0 heterocycles. The first-order valence-electron chi connectivity index (χ1n) is 6.06. The molecular weight excluding hydrogens is 256 g/mol. The van der Waals surface area contributed by atoms with Gasteiger partial charge in [-0.1, -0.05) is 24.3 Å². The zero-order chi connectivity index (χ0) is 14.7. The Morgan fingerprint density at radius 1 is 1.00 bits per heavy atom. The third-order valence-electron chi connectivity index (χ3n) is 3.00. The van der Waals surface area contributed by atoms with Crippen LogP contribution in [0.25, 0.3) is 0 Å². The first-order valence-corrected chi connectivity index (χ1v) is 6.06. The molecular formula is C16H14O4. The van der Waals surface area contributed by atoms with Crippen LogP contribution in [0.4, 0.5) is 0 Å². The Bertz CT molecular complexity index is 674. The summed E-state index contributed by atoms with van der Waals surface area (Å²) < 4.78 is 4.97. The molecule has 102 valence electrons. The van der Waals surface area contributed by atoms with Gasteiger partial charge in [0.05, 0.1) is 12.7 Å². The Kier molecular flexibility index (Phi) is 3.84. The van der Waals surface area contributed by atoms with E-state index in [0.29, 0.717) is 11.3 Å². The van der Waals surface area contributed by atoms with E-state index >= 15 is 0 Å². The van der Waals surface area contributed by atoms with Gasteiger partial charge in [0.15, 0.2) is 11.6 Å². The van der Waals surface area contributed by atoms with Crippen LogP contribution < -0.4 is 4.74 Å². The van der Waals surface area contributed by atoms with Gasteiger partial charge in [-0.15, -0.1) is 0 Å². The van der Waals surface area contributed by atoms with E-state index in [2.05, 4.69) is 0 Å². The number of hydrogen-bond donors (Lipinski definition) is 1. The summed E-state index contributed by atoms with van der Waals surface area (Å²) in [6.07, 6.45) is 0. The predicted octanol–water partition coefficient (Wildman–Crippen LogP) is 2.83. The van der Waals surface area contributed by atoms with E-state index in [1.54, 1.807) is 30.3 Å². The van der Waals surface area contributed by atoms with Crippen molar-refractivity contribution in [2.75, 3.05) is 7.11 Å². The standard InChI is InChI=1S/C16H14O4/c1-10(17)12-5-3-4-6-13(12)16(19)14-8-7-11(20-2)9-15(14)18/h3-9,18H,1-2H3. The summed E-state index contributed by atoms with van der Waals surface area (Å²) in [5.74, 6) is -0.301. The van der Waals surface area contributed by atoms with E-state index in [4.69, 9.17) is 4.74 Å². The van der Waals surface area contributed by atoms with Crippen molar-refractivity contribution in [2.24, 2.45) is 0 Å². The van der Waals surface area contributed by atoms with E-state index in [-0.39, 0.29) is 22.7 Å². The largest absolute Gasteiger partial charge is 0.507 e. The van der Waals surface area contributed by atoms with E-state index < -0.39 is 5.78 Å². The van der Waals surface area contributed by atoms with Gasteiger partial charge in [-0.05, 0) is 19.1 Å². The van der Waals surface area contributed by atoms with Crippen LogP contribution in [0, 0.1) is 0 Å². The Morgan fingerprint density at radius 3 is 2.20 bits per heavy atom. The number of aromatic hydroxyl groups is 1. The second kappa shape index (κ2) is 5.57. The van der Waals surface area contributed by atoms with Gasteiger partial charge < -0.3 is 9.84 Å². The number of hydrogen-bond acceptors (Lipinski definition) is 4. The molecule has 0 aliphatic carbocycles. The molecule has 4 nitrogen and oxygen atoms in total. The fourth-order valence-electron chi connectivity index (χ4n) is 1.96. The minimum absolute atomic E-state index is 0.138. The molecule has 0 atom stereocenters. The first kappa shape index (κ1) is 13.8. The Hall–Kier alpha value is -2.62. The molecule has 2 rings (SSSR count). The highest BCUT2D eigenvalue weighted by atomic mass is 16.5. The van der Waals surface area contributed by atoms with Crippen LogP contribution in [-0.4, -0.2) is 23.8 Å². The molecule has 0 aliphatic heterocycles. The topological polar surface area (TPSA) is 63.6 Å². The highest BCUT2D eigenvalue weighted by molar-refractivity contribution is 6.16. The van der Waals surface area contributed by atoms with Crippen LogP contribution in [-0.2, 0) is 0 Å². The lowest BCUT2D eigenvalue weighted by Gasteiger charge is -2.08. The van der Waals surface area contributed by atoms with Crippen molar-refractivity contribution >= 4 is 11.6 Å². The molecule has 0 saturated carbocycles. The number of carbonyl (C=O) groups excluding carboxylic acids is 2. The minimum Gasteiger partial charge on any atom is -0.507 e. The van der Waals surface area contributed by atoms with Crippen LogP contribution in [0.3, 0.4) is 0 Å². The van der Waals surface area contributed by atoms with Gasteiger partial charge >= 0.3 is 0 Å². The molecule has 20 heavy (non-hydrogen) atoms. The minimum atomic E-state index is -0.393.